The van der Waals surface area contributed by atoms with E-state index in [0.717, 1.165) is 6.42 Å². The molecule has 0 aromatic heterocycles. The molecule has 1 heteroatoms. The topological polar surface area (TPSA) is 26.0 Å². The van der Waals surface area contributed by atoms with Crippen molar-refractivity contribution in [3.63, 3.8) is 0 Å². The largest absolute Gasteiger partial charge is 0.325 e. The summed E-state index contributed by atoms with van der Waals surface area (Å²) in [5, 5.41) is 0. The first-order valence-electron chi connectivity index (χ1n) is 5.41. The van der Waals surface area contributed by atoms with Crippen molar-refractivity contribution < 1.29 is 0 Å². The average molecular weight is 183 g/mol. The third kappa shape index (κ3) is 4.12. The van der Waals surface area contributed by atoms with E-state index in [0.29, 0.717) is 10.8 Å². The fraction of sp³-hybridized carbons (Fsp3) is 1.00. The highest BCUT2D eigenvalue weighted by Gasteiger charge is 2.42. The summed E-state index contributed by atoms with van der Waals surface area (Å²) in [6.45, 7) is 11.4. The minimum atomic E-state index is 0.0312. The van der Waals surface area contributed by atoms with Gasteiger partial charge in [-0.2, -0.15) is 0 Å². The van der Waals surface area contributed by atoms with Crippen LogP contribution in [0.5, 0.6) is 0 Å². The van der Waals surface area contributed by atoms with Crippen LogP contribution in [0, 0.1) is 10.8 Å². The lowest BCUT2D eigenvalue weighted by molar-refractivity contribution is 0.228. The van der Waals surface area contributed by atoms with Crippen LogP contribution >= 0.6 is 0 Å². The summed E-state index contributed by atoms with van der Waals surface area (Å²) >= 11 is 0. The first kappa shape index (κ1) is 11.0. The Balaban J connectivity index is 2.46. The Morgan fingerprint density at radius 3 is 1.92 bits per heavy atom. The first-order valence-corrected chi connectivity index (χ1v) is 5.41. The Morgan fingerprint density at radius 1 is 1.15 bits per heavy atom. The molecule has 1 nitrogen and oxygen atoms in total. The highest BCUT2D eigenvalue weighted by molar-refractivity contribution is 4.97. The summed E-state index contributed by atoms with van der Waals surface area (Å²) in [5.41, 5.74) is 7.29. The Kier molecular flexibility index (Phi) is 2.53. The molecule has 13 heavy (non-hydrogen) atoms. The van der Waals surface area contributed by atoms with Crippen molar-refractivity contribution in [3.05, 3.63) is 0 Å². The van der Waals surface area contributed by atoms with Crippen molar-refractivity contribution >= 4 is 0 Å². The Labute approximate surface area is 83.1 Å². The quantitative estimate of drug-likeness (QED) is 0.713. The number of rotatable bonds is 3. The molecule has 0 heterocycles. The molecule has 2 N–H and O–H groups in total. The molecule has 1 rings (SSSR count). The van der Waals surface area contributed by atoms with Crippen LogP contribution in [0.15, 0.2) is 0 Å². The van der Waals surface area contributed by atoms with E-state index in [1.165, 1.54) is 19.3 Å². The standard InChI is InChI=1S/C12H25N/c1-10(2,3)8-12(5,13)9-11(4)6-7-11/h6-9,13H2,1-5H3. The Hall–Kier alpha value is -0.0400. The van der Waals surface area contributed by atoms with Gasteiger partial charge in [-0.25, -0.2) is 0 Å². The number of nitrogens with two attached hydrogens (primary N) is 1. The van der Waals surface area contributed by atoms with Crippen LogP contribution in [0.4, 0.5) is 0 Å². The summed E-state index contributed by atoms with van der Waals surface area (Å²) in [7, 11) is 0. The van der Waals surface area contributed by atoms with Gasteiger partial charge in [0.25, 0.3) is 0 Å². The molecule has 1 saturated carbocycles. The van der Waals surface area contributed by atoms with Crippen molar-refractivity contribution in [1.29, 1.82) is 0 Å². The molecule has 0 aromatic carbocycles. The fourth-order valence-corrected chi connectivity index (χ4v) is 2.64. The molecule has 78 valence electrons. The van der Waals surface area contributed by atoms with Crippen LogP contribution in [0.3, 0.4) is 0 Å². The van der Waals surface area contributed by atoms with Gasteiger partial charge in [-0.1, -0.05) is 27.7 Å². The van der Waals surface area contributed by atoms with Gasteiger partial charge in [0.05, 0.1) is 0 Å². The molecule has 0 spiro atoms. The van der Waals surface area contributed by atoms with E-state index in [2.05, 4.69) is 34.6 Å². The maximum atomic E-state index is 6.33. The molecule has 0 bridgehead atoms. The van der Waals surface area contributed by atoms with Crippen molar-refractivity contribution in [3.8, 4) is 0 Å². The maximum Gasteiger partial charge on any atom is 0.0136 e. The second kappa shape index (κ2) is 2.98. The number of hydrogen-bond acceptors (Lipinski definition) is 1. The van der Waals surface area contributed by atoms with Gasteiger partial charge in [0.2, 0.25) is 0 Å². The highest BCUT2D eigenvalue weighted by Crippen LogP contribution is 2.51. The van der Waals surface area contributed by atoms with Crippen LogP contribution in [0.25, 0.3) is 0 Å². The Morgan fingerprint density at radius 2 is 1.62 bits per heavy atom. The lowest BCUT2D eigenvalue weighted by Crippen LogP contribution is -2.41. The Bertz CT molecular complexity index is 173. The molecule has 1 fully saturated rings. The third-order valence-electron chi connectivity index (χ3n) is 2.87. The van der Waals surface area contributed by atoms with Crippen molar-refractivity contribution in [2.45, 2.75) is 65.8 Å². The number of hydrogen-bond donors (Lipinski definition) is 1. The molecule has 0 aromatic rings. The van der Waals surface area contributed by atoms with Crippen molar-refractivity contribution in [2.75, 3.05) is 0 Å². The van der Waals surface area contributed by atoms with Crippen LogP contribution in [0.1, 0.15) is 60.3 Å². The summed E-state index contributed by atoms with van der Waals surface area (Å²) in [6, 6.07) is 0. The van der Waals surface area contributed by atoms with E-state index in [4.69, 9.17) is 5.73 Å². The predicted molar refractivity (Wildman–Crippen MR) is 58.6 cm³/mol. The summed E-state index contributed by atoms with van der Waals surface area (Å²) in [6.07, 6.45) is 5.07. The van der Waals surface area contributed by atoms with Crippen LogP contribution in [0.2, 0.25) is 0 Å². The van der Waals surface area contributed by atoms with E-state index in [-0.39, 0.29) is 5.54 Å². The molecule has 0 amide bonds. The molecule has 0 aliphatic heterocycles. The van der Waals surface area contributed by atoms with Gasteiger partial charge in [0, 0.05) is 5.54 Å². The van der Waals surface area contributed by atoms with E-state index in [9.17, 15) is 0 Å². The van der Waals surface area contributed by atoms with Gasteiger partial charge in [-0.3, -0.25) is 0 Å². The van der Waals surface area contributed by atoms with E-state index < -0.39 is 0 Å². The monoisotopic (exact) mass is 183 g/mol. The van der Waals surface area contributed by atoms with Crippen molar-refractivity contribution in [1.82, 2.24) is 0 Å². The molecule has 1 aliphatic carbocycles. The zero-order valence-corrected chi connectivity index (χ0v) is 9.91. The van der Waals surface area contributed by atoms with Gasteiger partial charge < -0.3 is 5.73 Å². The summed E-state index contributed by atoms with van der Waals surface area (Å²) in [4.78, 5) is 0. The second-order valence-corrected chi connectivity index (χ2v) is 6.88. The normalized spacial score (nSPS) is 25.4. The minimum absolute atomic E-state index is 0.0312. The minimum Gasteiger partial charge on any atom is -0.325 e. The fourth-order valence-electron chi connectivity index (χ4n) is 2.64. The van der Waals surface area contributed by atoms with E-state index >= 15 is 0 Å². The SMILES string of the molecule is CC(C)(C)CC(C)(N)CC1(C)CC1. The highest BCUT2D eigenvalue weighted by atomic mass is 14.7. The molecule has 1 atom stereocenters. The first-order chi connectivity index (χ1) is 5.62. The summed E-state index contributed by atoms with van der Waals surface area (Å²) in [5.74, 6) is 0. The van der Waals surface area contributed by atoms with Crippen LogP contribution in [-0.2, 0) is 0 Å². The van der Waals surface area contributed by atoms with Crippen LogP contribution in [-0.4, -0.2) is 5.54 Å². The van der Waals surface area contributed by atoms with Crippen molar-refractivity contribution in [2.24, 2.45) is 16.6 Å². The zero-order valence-electron chi connectivity index (χ0n) is 9.91. The molecule has 0 saturated heterocycles. The lowest BCUT2D eigenvalue weighted by atomic mass is 9.76. The van der Waals surface area contributed by atoms with Gasteiger partial charge in [-0.15, -0.1) is 0 Å². The third-order valence-corrected chi connectivity index (χ3v) is 2.87. The molecule has 0 radical (unpaired) electrons. The smallest absolute Gasteiger partial charge is 0.0136 e. The van der Waals surface area contributed by atoms with Crippen LogP contribution < -0.4 is 5.73 Å². The van der Waals surface area contributed by atoms with Gasteiger partial charge in [0.15, 0.2) is 0 Å². The van der Waals surface area contributed by atoms with E-state index in [1.807, 2.05) is 0 Å². The summed E-state index contributed by atoms with van der Waals surface area (Å²) < 4.78 is 0. The molecular formula is C12H25N. The lowest BCUT2D eigenvalue weighted by Gasteiger charge is -2.34. The van der Waals surface area contributed by atoms with Gasteiger partial charge >= 0.3 is 0 Å². The second-order valence-electron chi connectivity index (χ2n) is 6.88. The molecular weight excluding hydrogens is 158 g/mol. The van der Waals surface area contributed by atoms with E-state index in [1.54, 1.807) is 0 Å². The predicted octanol–water partition coefficient (Wildman–Crippen LogP) is 3.33. The van der Waals surface area contributed by atoms with Gasteiger partial charge in [-0.05, 0) is 43.4 Å². The van der Waals surface area contributed by atoms with Gasteiger partial charge in [0.1, 0.15) is 0 Å². The maximum absolute atomic E-state index is 6.33. The average Bonchev–Trinajstić information content (AvgIpc) is 2.36. The zero-order chi connectivity index (χ0) is 10.3. The molecule has 1 aliphatic rings. The molecule has 1 unspecified atom stereocenters.